The summed E-state index contributed by atoms with van der Waals surface area (Å²) in [6.45, 7) is 8.39. The van der Waals surface area contributed by atoms with Crippen LogP contribution in [0.1, 0.15) is 49.6 Å². The molecule has 1 aliphatic heterocycles. The molecule has 0 aliphatic carbocycles. The van der Waals surface area contributed by atoms with Crippen LogP contribution in [0.2, 0.25) is 0 Å². The lowest BCUT2D eigenvalue weighted by atomic mass is 9.92. The Balaban J connectivity index is 1.73. The van der Waals surface area contributed by atoms with Gasteiger partial charge < -0.3 is 10.2 Å². The molecular formula is C24H28N6O. The van der Waals surface area contributed by atoms with Crippen molar-refractivity contribution in [1.82, 2.24) is 24.8 Å². The number of rotatable bonds is 4. The first kappa shape index (κ1) is 20.9. The van der Waals surface area contributed by atoms with Crippen molar-refractivity contribution in [2.24, 2.45) is 0 Å². The van der Waals surface area contributed by atoms with Gasteiger partial charge in [-0.1, -0.05) is 0 Å². The Hall–Kier alpha value is -3.35. The fourth-order valence-corrected chi connectivity index (χ4v) is 4.08. The molecule has 1 amide bonds. The van der Waals surface area contributed by atoms with Crippen LogP contribution in [0.4, 0.5) is 11.5 Å². The number of aryl methyl sites for hydroxylation is 2. The van der Waals surface area contributed by atoms with E-state index < -0.39 is 0 Å². The Morgan fingerprint density at radius 2 is 1.74 bits per heavy atom. The fourth-order valence-electron chi connectivity index (χ4n) is 4.08. The largest absolute Gasteiger partial charge is 0.340 e. The summed E-state index contributed by atoms with van der Waals surface area (Å²) >= 11 is 0. The quantitative estimate of drug-likeness (QED) is 0.678. The fraction of sp³-hybridized carbons (Fsp3) is 0.375. The Labute approximate surface area is 183 Å². The van der Waals surface area contributed by atoms with Crippen molar-refractivity contribution >= 4 is 17.4 Å². The maximum atomic E-state index is 12.1. The predicted molar refractivity (Wildman–Crippen MR) is 121 cm³/mol. The minimum Gasteiger partial charge on any atom is -0.340 e. The highest BCUT2D eigenvalue weighted by Gasteiger charge is 2.30. The van der Waals surface area contributed by atoms with E-state index in [4.69, 9.17) is 9.97 Å². The zero-order valence-electron chi connectivity index (χ0n) is 18.5. The van der Waals surface area contributed by atoms with Crippen LogP contribution in [0, 0.1) is 13.8 Å². The number of hydrogen-bond acceptors (Lipinski definition) is 6. The highest BCUT2D eigenvalue weighted by Crippen LogP contribution is 2.31. The van der Waals surface area contributed by atoms with Crippen LogP contribution in [0.25, 0.3) is 11.3 Å². The van der Waals surface area contributed by atoms with Gasteiger partial charge in [0.1, 0.15) is 11.6 Å². The van der Waals surface area contributed by atoms with Gasteiger partial charge in [0.15, 0.2) is 0 Å². The Morgan fingerprint density at radius 3 is 2.45 bits per heavy atom. The maximum Gasteiger partial charge on any atom is 0.219 e. The van der Waals surface area contributed by atoms with Gasteiger partial charge in [0.05, 0.1) is 17.6 Å². The SMILES string of the molecule is CC(=O)N1C[C@H](c2nc(Nc3cncc(C)c3)cc(-c3cncc(C)c3)n2)CC[C@@H]1C. The lowest BCUT2D eigenvalue weighted by Gasteiger charge is -2.37. The first-order chi connectivity index (χ1) is 14.9. The van der Waals surface area contributed by atoms with Crippen molar-refractivity contribution in [1.29, 1.82) is 0 Å². The Morgan fingerprint density at radius 1 is 1.00 bits per heavy atom. The van der Waals surface area contributed by atoms with Crippen LogP contribution in [-0.2, 0) is 4.79 Å². The molecule has 0 aromatic carbocycles. The number of amides is 1. The van der Waals surface area contributed by atoms with E-state index in [2.05, 4.69) is 28.3 Å². The molecule has 1 fully saturated rings. The van der Waals surface area contributed by atoms with Gasteiger partial charge in [0.25, 0.3) is 0 Å². The van der Waals surface area contributed by atoms with Crippen molar-refractivity contribution in [3.8, 4) is 11.3 Å². The predicted octanol–water partition coefficient (Wildman–Crippen LogP) is 4.41. The van der Waals surface area contributed by atoms with Crippen molar-refractivity contribution in [3.05, 3.63) is 59.9 Å². The van der Waals surface area contributed by atoms with Gasteiger partial charge in [-0.15, -0.1) is 0 Å². The van der Waals surface area contributed by atoms with Gasteiger partial charge in [0, 0.05) is 55.6 Å². The van der Waals surface area contributed by atoms with E-state index >= 15 is 0 Å². The van der Waals surface area contributed by atoms with Gasteiger partial charge in [-0.25, -0.2) is 9.97 Å². The first-order valence-electron chi connectivity index (χ1n) is 10.7. The second-order valence-corrected chi connectivity index (χ2v) is 8.42. The highest BCUT2D eigenvalue weighted by molar-refractivity contribution is 5.73. The van der Waals surface area contributed by atoms with Crippen molar-refractivity contribution in [3.63, 3.8) is 0 Å². The molecule has 0 spiro atoms. The summed E-state index contributed by atoms with van der Waals surface area (Å²) in [5.41, 5.74) is 4.78. The number of nitrogens with zero attached hydrogens (tertiary/aromatic N) is 5. The monoisotopic (exact) mass is 416 g/mol. The molecule has 0 bridgehead atoms. The van der Waals surface area contributed by atoms with E-state index in [-0.39, 0.29) is 17.9 Å². The van der Waals surface area contributed by atoms with Crippen LogP contribution in [0.3, 0.4) is 0 Å². The maximum absolute atomic E-state index is 12.1. The molecule has 7 heteroatoms. The zero-order chi connectivity index (χ0) is 22.0. The Bertz CT molecular complexity index is 1100. The summed E-state index contributed by atoms with van der Waals surface area (Å²) in [5, 5.41) is 3.38. The van der Waals surface area contributed by atoms with E-state index in [1.165, 1.54) is 0 Å². The average molecular weight is 417 g/mol. The lowest BCUT2D eigenvalue weighted by molar-refractivity contribution is -0.132. The summed E-state index contributed by atoms with van der Waals surface area (Å²) in [6.07, 6.45) is 9.14. The lowest BCUT2D eigenvalue weighted by Crippen LogP contribution is -2.44. The molecule has 4 rings (SSSR count). The molecule has 3 aromatic heterocycles. The summed E-state index contributed by atoms with van der Waals surface area (Å²) < 4.78 is 0. The topological polar surface area (TPSA) is 83.9 Å². The molecule has 2 atom stereocenters. The molecule has 1 N–H and O–H groups in total. The average Bonchev–Trinajstić information content (AvgIpc) is 2.73. The minimum absolute atomic E-state index is 0.0917. The number of nitrogens with one attached hydrogen (secondary N) is 1. The number of anilines is 2. The molecule has 1 saturated heterocycles. The normalized spacial score (nSPS) is 18.6. The van der Waals surface area contributed by atoms with Gasteiger partial charge in [-0.05, 0) is 56.9 Å². The van der Waals surface area contributed by atoms with Gasteiger partial charge in [-0.2, -0.15) is 0 Å². The number of piperidine rings is 1. The third kappa shape index (κ3) is 4.87. The molecule has 4 heterocycles. The molecule has 0 saturated carbocycles. The van der Waals surface area contributed by atoms with E-state index in [0.29, 0.717) is 12.4 Å². The number of carbonyl (C=O) groups excluding carboxylic acids is 1. The summed E-state index contributed by atoms with van der Waals surface area (Å²) in [5.74, 6) is 1.65. The number of hydrogen-bond donors (Lipinski definition) is 1. The van der Waals surface area contributed by atoms with E-state index in [1.807, 2.05) is 49.5 Å². The molecule has 7 nitrogen and oxygen atoms in total. The summed E-state index contributed by atoms with van der Waals surface area (Å²) in [7, 11) is 0. The van der Waals surface area contributed by atoms with Gasteiger partial charge in [-0.3, -0.25) is 14.8 Å². The molecule has 0 radical (unpaired) electrons. The number of likely N-dealkylation sites (tertiary alicyclic amines) is 1. The van der Waals surface area contributed by atoms with Gasteiger partial charge in [0.2, 0.25) is 5.91 Å². The number of aromatic nitrogens is 4. The molecule has 0 unspecified atom stereocenters. The standard InChI is InChI=1S/C24H28N6O/c1-15-7-20(12-25-10-15)22-9-23(27-21-8-16(2)11-26-13-21)29-24(28-22)19-6-5-17(3)30(14-19)18(4)31/h7-13,17,19H,5-6,14H2,1-4H3,(H,27,28,29)/t17-,19+/m0/s1. The summed E-state index contributed by atoms with van der Waals surface area (Å²) in [6, 6.07) is 6.29. The molecular weight excluding hydrogens is 388 g/mol. The smallest absolute Gasteiger partial charge is 0.219 e. The van der Waals surface area contributed by atoms with Crippen LogP contribution < -0.4 is 5.32 Å². The number of carbonyl (C=O) groups is 1. The van der Waals surface area contributed by atoms with Crippen LogP contribution in [0.15, 0.2) is 43.0 Å². The second-order valence-electron chi connectivity index (χ2n) is 8.42. The van der Waals surface area contributed by atoms with E-state index in [0.717, 1.165) is 46.7 Å². The number of pyridine rings is 2. The first-order valence-corrected chi connectivity index (χ1v) is 10.7. The summed E-state index contributed by atoms with van der Waals surface area (Å²) in [4.78, 5) is 32.4. The van der Waals surface area contributed by atoms with Crippen molar-refractivity contribution in [2.75, 3.05) is 11.9 Å². The second kappa shape index (κ2) is 8.79. The van der Waals surface area contributed by atoms with Gasteiger partial charge >= 0.3 is 0 Å². The zero-order valence-corrected chi connectivity index (χ0v) is 18.5. The van der Waals surface area contributed by atoms with Crippen LogP contribution in [0.5, 0.6) is 0 Å². The minimum atomic E-state index is 0.0917. The van der Waals surface area contributed by atoms with Crippen LogP contribution >= 0.6 is 0 Å². The van der Waals surface area contributed by atoms with E-state index in [1.54, 1.807) is 13.1 Å². The van der Waals surface area contributed by atoms with E-state index in [9.17, 15) is 4.79 Å². The molecule has 1 aliphatic rings. The third-order valence-electron chi connectivity index (χ3n) is 5.71. The Kier molecular flexibility index (Phi) is 5.93. The van der Waals surface area contributed by atoms with Crippen molar-refractivity contribution in [2.45, 2.75) is 52.5 Å². The highest BCUT2D eigenvalue weighted by atomic mass is 16.2. The van der Waals surface area contributed by atoms with Crippen LogP contribution in [-0.4, -0.2) is 43.3 Å². The van der Waals surface area contributed by atoms with Crippen molar-refractivity contribution < 1.29 is 4.79 Å². The molecule has 31 heavy (non-hydrogen) atoms. The molecule has 160 valence electrons. The molecule has 3 aromatic rings. The third-order valence-corrected chi connectivity index (χ3v) is 5.71.